The monoisotopic (exact) mass is 201 g/mol. The number of carbonyl (C=O) groups excluding carboxylic acids is 2. The van der Waals surface area contributed by atoms with Crippen molar-refractivity contribution >= 4 is 23.6 Å². The zero-order valence-electron chi connectivity index (χ0n) is 7.45. The van der Waals surface area contributed by atoms with E-state index < -0.39 is 17.7 Å². The summed E-state index contributed by atoms with van der Waals surface area (Å²) in [6.07, 6.45) is 0.581. The van der Waals surface area contributed by atoms with Gasteiger partial charge >= 0.3 is 0 Å². The average Bonchev–Trinajstić information content (AvgIpc) is 2.02. The number of thioether (sulfide) groups is 1. The molecule has 0 aromatic rings. The Morgan fingerprint density at radius 1 is 1.46 bits per heavy atom. The van der Waals surface area contributed by atoms with Gasteiger partial charge in [0, 0.05) is 5.25 Å². The number of hydrogen-bond donors (Lipinski definition) is 2. The first-order chi connectivity index (χ1) is 6.04. The summed E-state index contributed by atoms with van der Waals surface area (Å²) in [4.78, 5) is 22.0. The Balaban J connectivity index is 2.80. The third kappa shape index (κ3) is 2.15. The number of primary amides is 2. The van der Waals surface area contributed by atoms with Gasteiger partial charge in [-0.2, -0.15) is 11.8 Å². The van der Waals surface area contributed by atoms with Crippen molar-refractivity contribution in [2.75, 3.05) is 5.75 Å². The van der Waals surface area contributed by atoms with Gasteiger partial charge in [0.1, 0.15) is 0 Å². The molecule has 4 N–H and O–H groups in total. The van der Waals surface area contributed by atoms with Crippen LogP contribution in [0.1, 0.15) is 13.3 Å². The molecule has 0 aromatic carbocycles. The Morgan fingerprint density at radius 3 is 2.46 bits per heavy atom. The summed E-state index contributed by atoms with van der Waals surface area (Å²) in [5.41, 5.74) is 10.4. The van der Waals surface area contributed by atoms with Crippen molar-refractivity contribution in [3.05, 3.63) is 5.92 Å². The first kappa shape index (κ1) is 10.4. The van der Waals surface area contributed by atoms with Gasteiger partial charge in [0.15, 0.2) is 0 Å². The van der Waals surface area contributed by atoms with Crippen molar-refractivity contribution in [3.63, 3.8) is 0 Å². The molecule has 2 atom stereocenters. The standard InChI is InChI=1S/C8H13N2O2S/c1-4-6(8(10)12)5(7(9)11)2-3-13-4/h4,6H,2-3H2,1H3,(H2,9,11)(H2,10,12). The lowest BCUT2D eigenvalue weighted by molar-refractivity contribution is -0.125. The normalized spacial score (nSPS) is 29.9. The van der Waals surface area contributed by atoms with E-state index in [1.165, 1.54) is 0 Å². The molecule has 1 saturated heterocycles. The minimum Gasteiger partial charge on any atom is -0.369 e. The van der Waals surface area contributed by atoms with Gasteiger partial charge < -0.3 is 11.5 Å². The fourth-order valence-electron chi connectivity index (χ4n) is 1.57. The van der Waals surface area contributed by atoms with E-state index in [-0.39, 0.29) is 5.25 Å². The topological polar surface area (TPSA) is 86.2 Å². The molecule has 1 heterocycles. The zero-order chi connectivity index (χ0) is 10.0. The molecular weight excluding hydrogens is 188 g/mol. The summed E-state index contributed by atoms with van der Waals surface area (Å²) < 4.78 is 0. The van der Waals surface area contributed by atoms with Gasteiger partial charge in [-0.25, -0.2) is 0 Å². The molecule has 13 heavy (non-hydrogen) atoms. The van der Waals surface area contributed by atoms with Crippen molar-refractivity contribution < 1.29 is 9.59 Å². The van der Waals surface area contributed by atoms with Gasteiger partial charge in [-0.1, -0.05) is 6.92 Å². The Kier molecular flexibility index (Phi) is 3.19. The minimum absolute atomic E-state index is 0.0637. The van der Waals surface area contributed by atoms with E-state index in [9.17, 15) is 9.59 Å². The highest BCUT2D eigenvalue weighted by Crippen LogP contribution is 2.35. The molecule has 2 unspecified atom stereocenters. The lowest BCUT2D eigenvalue weighted by Crippen LogP contribution is -2.43. The highest BCUT2D eigenvalue weighted by Gasteiger charge is 2.38. The molecule has 5 heteroatoms. The number of hydrogen-bond acceptors (Lipinski definition) is 3. The summed E-state index contributed by atoms with van der Waals surface area (Å²) in [5.74, 6) is -0.0945. The van der Waals surface area contributed by atoms with Crippen LogP contribution in [0.3, 0.4) is 0 Å². The number of nitrogens with two attached hydrogens (primary N) is 2. The van der Waals surface area contributed by atoms with E-state index in [0.29, 0.717) is 12.3 Å². The van der Waals surface area contributed by atoms with E-state index >= 15 is 0 Å². The Hall–Kier alpha value is -0.710. The van der Waals surface area contributed by atoms with Gasteiger partial charge in [-0.05, 0) is 12.2 Å². The van der Waals surface area contributed by atoms with Gasteiger partial charge in [-0.15, -0.1) is 0 Å². The van der Waals surface area contributed by atoms with Crippen molar-refractivity contribution in [1.29, 1.82) is 0 Å². The quantitative estimate of drug-likeness (QED) is 0.641. The molecule has 2 amide bonds. The molecular formula is C8H13N2O2S. The molecule has 0 aliphatic carbocycles. The Morgan fingerprint density at radius 2 is 2.08 bits per heavy atom. The van der Waals surface area contributed by atoms with E-state index in [0.717, 1.165) is 5.75 Å². The van der Waals surface area contributed by atoms with Crippen molar-refractivity contribution in [3.8, 4) is 0 Å². The van der Waals surface area contributed by atoms with Crippen LogP contribution >= 0.6 is 11.8 Å². The second kappa shape index (κ2) is 4.00. The third-order valence-electron chi connectivity index (χ3n) is 2.22. The summed E-state index contributed by atoms with van der Waals surface area (Å²) >= 11 is 1.65. The lowest BCUT2D eigenvalue weighted by Gasteiger charge is -2.31. The Labute approximate surface area is 81.4 Å². The zero-order valence-corrected chi connectivity index (χ0v) is 8.26. The van der Waals surface area contributed by atoms with Crippen LogP contribution < -0.4 is 11.5 Å². The number of amides is 2. The average molecular weight is 201 g/mol. The second-order valence-electron chi connectivity index (χ2n) is 3.10. The third-order valence-corrected chi connectivity index (χ3v) is 3.46. The molecule has 73 valence electrons. The first-order valence-corrected chi connectivity index (χ1v) is 5.15. The summed E-state index contributed by atoms with van der Waals surface area (Å²) in [6.45, 7) is 1.89. The van der Waals surface area contributed by atoms with Crippen molar-refractivity contribution in [2.24, 2.45) is 17.4 Å². The molecule has 1 rings (SSSR count). The molecule has 1 aliphatic rings. The number of rotatable bonds is 2. The highest BCUT2D eigenvalue weighted by atomic mass is 32.2. The van der Waals surface area contributed by atoms with E-state index in [4.69, 9.17) is 11.5 Å². The van der Waals surface area contributed by atoms with Gasteiger partial charge in [0.25, 0.3) is 0 Å². The smallest absolute Gasteiger partial charge is 0.225 e. The molecule has 0 spiro atoms. The maximum absolute atomic E-state index is 11.1. The van der Waals surface area contributed by atoms with Crippen LogP contribution in [0.5, 0.6) is 0 Å². The van der Waals surface area contributed by atoms with Crippen LogP contribution in [0.25, 0.3) is 0 Å². The predicted octanol–water partition coefficient (Wildman–Crippen LogP) is -0.327. The minimum atomic E-state index is -0.490. The van der Waals surface area contributed by atoms with Gasteiger partial charge in [0.2, 0.25) is 11.8 Å². The van der Waals surface area contributed by atoms with Gasteiger partial charge in [0.05, 0.1) is 11.8 Å². The van der Waals surface area contributed by atoms with Crippen LogP contribution in [-0.4, -0.2) is 22.8 Å². The largest absolute Gasteiger partial charge is 0.369 e. The first-order valence-electron chi connectivity index (χ1n) is 4.10. The summed E-state index contributed by atoms with van der Waals surface area (Å²) in [6, 6.07) is 0. The van der Waals surface area contributed by atoms with Crippen LogP contribution in [0.2, 0.25) is 0 Å². The molecule has 1 fully saturated rings. The van der Waals surface area contributed by atoms with Crippen LogP contribution in [0.15, 0.2) is 0 Å². The number of carbonyl (C=O) groups is 2. The predicted molar refractivity (Wildman–Crippen MR) is 51.7 cm³/mol. The maximum Gasteiger partial charge on any atom is 0.225 e. The van der Waals surface area contributed by atoms with Crippen LogP contribution in [-0.2, 0) is 9.59 Å². The van der Waals surface area contributed by atoms with Crippen LogP contribution in [0.4, 0.5) is 0 Å². The highest BCUT2D eigenvalue weighted by molar-refractivity contribution is 8.00. The van der Waals surface area contributed by atoms with Gasteiger partial charge in [-0.3, -0.25) is 9.59 Å². The molecule has 0 aromatic heterocycles. The fraction of sp³-hybridized carbons (Fsp3) is 0.625. The molecule has 4 nitrogen and oxygen atoms in total. The molecule has 1 radical (unpaired) electrons. The lowest BCUT2D eigenvalue weighted by atomic mass is 9.86. The molecule has 0 saturated carbocycles. The Bertz CT molecular complexity index is 232. The van der Waals surface area contributed by atoms with Crippen LogP contribution in [0, 0.1) is 11.8 Å². The van der Waals surface area contributed by atoms with Crippen molar-refractivity contribution in [1.82, 2.24) is 0 Å². The summed E-state index contributed by atoms with van der Waals surface area (Å²) in [7, 11) is 0. The fourth-order valence-corrected chi connectivity index (χ4v) is 2.77. The summed E-state index contributed by atoms with van der Waals surface area (Å²) in [5, 5.41) is 0.0637. The SMILES string of the molecule is CC1SCC[C](C(N)=O)C1C(N)=O. The van der Waals surface area contributed by atoms with E-state index in [1.54, 1.807) is 11.8 Å². The van der Waals surface area contributed by atoms with E-state index in [2.05, 4.69) is 0 Å². The van der Waals surface area contributed by atoms with E-state index in [1.807, 2.05) is 6.92 Å². The van der Waals surface area contributed by atoms with Crippen molar-refractivity contribution in [2.45, 2.75) is 18.6 Å². The second-order valence-corrected chi connectivity index (χ2v) is 4.58. The maximum atomic E-state index is 11.1. The molecule has 0 bridgehead atoms. The molecule has 1 aliphatic heterocycles.